The molecule has 0 spiro atoms. The van der Waals surface area contributed by atoms with Crippen LogP contribution in [0.4, 0.5) is 34.1 Å². The van der Waals surface area contributed by atoms with Crippen LogP contribution >= 0.6 is 0 Å². The third-order valence-electron chi connectivity index (χ3n) is 21.9. The molecule has 0 unspecified atom stereocenters. The van der Waals surface area contributed by atoms with E-state index in [1.807, 2.05) is 0 Å². The minimum absolute atomic E-state index is 0.0990. The number of nitrogens with zero attached hydrogens (tertiary/aromatic N) is 4. The van der Waals surface area contributed by atoms with E-state index in [0.717, 1.165) is 34.1 Å². The van der Waals surface area contributed by atoms with Crippen LogP contribution in [-0.2, 0) is 16.2 Å². The summed E-state index contributed by atoms with van der Waals surface area (Å²) < 4.78 is 4.95. The first kappa shape index (κ1) is 61.1. The SMILES string of the molecule is CC1(C)c2ccccc2-c2c1c1cc(N(c3ccc(-c4ccccc4)cc3)c3ccc(-c4ccccc4)cc3)ccc1n2-c1ccccc1.CC1(C)c2ccccc2-c2ccc(N(c3ccc(-c4ccccc4)cc3)c3ccc4c(c3)c3c(n4-c4ccccc4)-c4ccccc4C3(C)C)cc21. The van der Waals surface area contributed by atoms with Crippen LogP contribution in [-0.4, -0.2) is 9.13 Å². The molecule has 4 heteroatoms. The molecule has 0 saturated heterocycles. The van der Waals surface area contributed by atoms with Crippen molar-refractivity contribution < 1.29 is 0 Å². The van der Waals surface area contributed by atoms with Crippen LogP contribution in [0.25, 0.3) is 100 Å². The third kappa shape index (κ3) is 10.0. The van der Waals surface area contributed by atoms with Crippen LogP contribution in [0.15, 0.2) is 352 Å². The van der Waals surface area contributed by atoms with Crippen LogP contribution in [0, 0.1) is 0 Å². The maximum Gasteiger partial charge on any atom is 0.0585 e. The first-order valence-corrected chi connectivity index (χ1v) is 35.4. The summed E-state index contributed by atoms with van der Waals surface area (Å²) in [6, 6.07) is 128. The molecule has 0 bridgehead atoms. The summed E-state index contributed by atoms with van der Waals surface area (Å²) in [4.78, 5) is 4.85. The second-order valence-corrected chi connectivity index (χ2v) is 28.8. The van der Waals surface area contributed by atoms with Crippen molar-refractivity contribution in [2.75, 3.05) is 9.80 Å². The molecule has 19 rings (SSSR count). The molecule has 0 atom stereocenters. The summed E-state index contributed by atoms with van der Waals surface area (Å²) in [5.74, 6) is 0. The van der Waals surface area contributed by atoms with Crippen LogP contribution in [0.1, 0.15) is 74.9 Å². The second-order valence-electron chi connectivity index (χ2n) is 28.8. The summed E-state index contributed by atoms with van der Waals surface area (Å²) in [6.07, 6.45) is 0. The molecule has 0 fully saturated rings. The fourth-order valence-electron chi connectivity index (χ4n) is 17.1. The minimum Gasteiger partial charge on any atom is -0.310 e. The molecule has 0 radical (unpaired) electrons. The van der Waals surface area contributed by atoms with Gasteiger partial charge >= 0.3 is 0 Å². The second kappa shape index (κ2) is 24.0. The quantitative estimate of drug-likeness (QED) is 0.128. The maximum absolute atomic E-state index is 2.48. The summed E-state index contributed by atoms with van der Waals surface area (Å²) >= 11 is 0. The Labute approximate surface area is 592 Å². The topological polar surface area (TPSA) is 16.3 Å². The molecular formula is C97H76N4. The number of rotatable bonds is 11. The largest absolute Gasteiger partial charge is 0.310 e. The number of fused-ring (bicyclic) bond motifs is 13. The Kier molecular flexibility index (Phi) is 14.5. The molecule has 0 saturated carbocycles. The zero-order valence-electron chi connectivity index (χ0n) is 57.8. The van der Waals surface area contributed by atoms with Gasteiger partial charge in [0.25, 0.3) is 0 Å². The van der Waals surface area contributed by atoms with Gasteiger partial charge in [-0.05, 0) is 187 Å². The van der Waals surface area contributed by atoms with E-state index in [4.69, 9.17) is 0 Å². The lowest BCUT2D eigenvalue weighted by Gasteiger charge is -2.29. The van der Waals surface area contributed by atoms with Crippen molar-refractivity contribution in [3.05, 3.63) is 385 Å². The van der Waals surface area contributed by atoms with Crippen molar-refractivity contribution in [3.63, 3.8) is 0 Å². The highest BCUT2D eigenvalue weighted by Crippen LogP contribution is 2.57. The van der Waals surface area contributed by atoms with E-state index in [1.54, 1.807) is 0 Å². The monoisotopic (exact) mass is 1300 g/mol. The zero-order chi connectivity index (χ0) is 68.1. The summed E-state index contributed by atoms with van der Waals surface area (Å²) in [6.45, 7) is 14.3. The average Bonchev–Trinajstić information content (AvgIpc) is 1.55. The number of aromatic nitrogens is 2. The Hall–Kier alpha value is -12.2. The molecule has 14 aromatic carbocycles. The Morgan fingerprint density at radius 1 is 0.218 bits per heavy atom. The van der Waals surface area contributed by atoms with Gasteiger partial charge in [0.1, 0.15) is 0 Å². The number of anilines is 6. The predicted octanol–water partition coefficient (Wildman–Crippen LogP) is 26.1. The van der Waals surface area contributed by atoms with E-state index < -0.39 is 0 Å². The summed E-state index contributed by atoms with van der Waals surface area (Å²) in [7, 11) is 0. The highest BCUT2D eigenvalue weighted by Gasteiger charge is 2.43. The molecule has 3 aliphatic carbocycles. The van der Waals surface area contributed by atoms with Gasteiger partial charge in [0, 0.05) is 83.6 Å². The van der Waals surface area contributed by atoms with Gasteiger partial charge in [0.2, 0.25) is 0 Å². The van der Waals surface area contributed by atoms with E-state index >= 15 is 0 Å². The first-order valence-electron chi connectivity index (χ1n) is 35.4. The molecule has 484 valence electrons. The van der Waals surface area contributed by atoms with Crippen molar-refractivity contribution >= 4 is 55.9 Å². The minimum atomic E-state index is -0.158. The van der Waals surface area contributed by atoms with Gasteiger partial charge in [-0.2, -0.15) is 0 Å². The Balaban J connectivity index is 0.000000145. The molecule has 16 aromatic rings. The molecule has 0 aliphatic heterocycles. The molecule has 2 aromatic heterocycles. The molecule has 3 aliphatic rings. The fourth-order valence-corrected chi connectivity index (χ4v) is 17.1. The van der Waals surface area contributed by atoms with Gasteiger partial charge in [-0.15, -0.1) is 0 Å². The standard InChI is InChI=1S/C50H40N2.C47H36N2/c1-49(2)43-21-13-11-19-39(43)40-29-27-38(32-45(40)49)51(36-25-23-34(24-26-36)33-15-7-5-8-16-33)37-28-30-46-42(31-37)47-48(52(46)35-17-9-6-10-18-35)41-20-12-14-22-44(41)50(47,3)4;1-47(2)43-21-13-12-20-41(43)46-45(47)42-32-40(30-31-44(42)49(46)37-18-10-5-11-19-37)48(38-26-22-35(23-27-38)33-14-6-3-7-15-33)39-28-24-36(25-29-39)34-16-8-4-9-17-34/h5-32H,1-4H3;3-32H,1-2H3. The van der Waals surface area contributed by atoms with Crippen molar-refractivity contribution in [1.82, 2.24) is 9.13 Å². The third-order valence-corrected chi connectivity index (χ3v) is 21.9. The number of hydrogen-bond donors (Lipinski definition) is 0. The number of para-hydroxylation sites is 2. The molecule has 0 amide bonds. The van der Waals surface area contributed by atoms with Gasteiger partial charge < -0.3 is 18.9 Å². The van der Waals surface area contributed by atoms with Crippen LogP contribution < -0.4 is 9.80 Å². The zero-order valence-corrected chi connectivity index (χ0v) is 57.8. The Morgan fingerprint density at radius 3 is 0.881 bits per heavy atom. The molecule has 0 N–H and O–H groups in total. The maximum atomic E-state index is 2.48. The lowest BCUT2D eigenvalue weighted by molar-refractivity contribution is 0.660. The van der Waals surface area contributed by atoms with Gasteiger partial charge in [-0.1, -0.05) is 284 Å². The first-order chi connectivity index (χ1) is 49.4. The molecular weight excluding hydrogens is 1220 g/mol. The average molecular weight is 1300 g/mol. The van der Waals surface area contributed by atoms with Gasteiger partial charge in [0.05, 0.1) is 22.4 Å². The summed E-state index contributed by atoms with van der Waals surface area (Å²) in [5.41, 5.74) is 34.7. The Bertz CT molecular complexity index is 5720. The van der Waals surface area contributed by atoms with E-state index in [2.05, 4.69) is 412 Å². The molecule has 101 heavy (non-hydrogen) atoms. The number of hydrogen-bond acceptors (Lipinski definition) is 2. The van der Waals surface area contributed by atoms with Gasteiger partial charge in [-0.25, -0.2) is 0 Å². The van der Waals surface area contributed by atoms with Crippen molar-refractivity contribution in [2.24, 2.45) is 0 Å². The fraction of sp³-hybridized carbons (Fsp3) is 0.0928. The lowest BCUT2D eigenvalue weighted by atomic mass is 9.81. The normalized spacial score (nSPS) is 13.7. The van der Waals surface area contributed by atoms with Crippen molar-refractivity contribution in [3.8, 4) is 78.4 Å². The molecule has 4 nitrogen and oxygen atoms in total. The van der Waals surface area contributed by atoms with Crippen LogP contribution in [0.2, 0.25) is 0 Å². The highest BCUT2D eigenvalue weighted by molar-refractivity contribution is 6.04. The van der Waals surface area contributed by atoms with Gasteiger partial charge in [-0.3, -0.25) is 0 Å². The predicted molar refractivity (Wildman–Crippen MR) is 425 cm³/mol. The van der Waals surface area contributed by atoms with E-state index in [1.165, 1.54) is 134 Å². The smallest absolute Gasteiger partial charge is 0.0585 e. The van der Waals surface area contributed by atoms with E-state index in [9.17, 15) is 0 Å². The number of benzene rings is 14. The van der Waals surface area contributed by atoms with Crippen molar-refractivity contribution in [2.45, 2.75) is 57.8 Å². The van der Waals surface area contributed by atoms with Crippen molar-refractivity contribution in [1.29, 1.82) is 0 Å². The van der Waals surface area contributed by atoms with E-state index in [-0.39, 0.29) is 16.2 Å². The van der Waals surface area contributed by atoms with Gasteiger partial charge in [0.15, 0.2) is 0 Å². The van der Waals surface area contributed by atoms with Crippen LogP contribution in [0.5, 0.6) is 0 Å². The summed E-state index contributed by atoms with van der Waals surface area (Å²) in [5, 5.41) is 2.57. The molecule has 2 heterocycles. The van der Waals surface area contributed by atoms with Crippen LogP contribution in [0.3, 0.4) is 0 Å². The lowest BCUT2D eigenvalue weighted by Crippen LogP contribution is -2.17. The Morgan fingerprint density at radius 2 is 0.495 bits per heavy atom. The highest BCUT2D eigenvalue weighted by atomic mass is 15.2. The van der Waals surface area contributed by atoms with E-state index in [0.29, 0.717) is 0 Å².